The first-order valence-electron chi connectivity index (χ1n) is 10.4. The third kappa shape index (κ3) is 5.61. The average Bonchev–Trinajstić information content (AvgIpc) is 2.84. The molecule has 1 heterocycles. The molecule has 0 bridgehead atoms. The average molecular weight is 573 g/mol. The van der Waals surface area contributed by atoms with Crippen molar-refractivity contribution < 1.29 is 28.3 Å². The van der Waals surface area contributed by atoms with Gasteiger partial charge in [-0.25, -0.2) is 14.1 Å². The third-order valence-electron chi connectivity index (χ3n) is 4.96. The summed E-state index contributed by atoms with van der Waals surface area (Å²) in [6.07, 6.45) is 1.29. The van der Waals surface area contributed by atoms with Crippen LogP contribution in [0.2, 0.25) is 5.02 Å². The molecule has 2 N–H and O–H groups in total. The maximum Gasteiger partial charge on any atom is 0.335 e. The van der Waals surface area contributed by atoms with Crippen molar-refractivity contribution in [1.82, 2.24) is 5.32 Å². The van der Waals surface area contributed by atoms with Crippen molar-refractivity contribution in [1.29, 1.82) is 0 Å². The van der Waals surface area contributed by atoms with Gasteiger partial charge in [0.2, 0.25) is 0 Å². The van der Waals surface area contributed by atoms with Crippen LogP contribution in [0.25, 0.3) is 6.08 Å². The normalized spacial score (nSPS) is 14.6. The number of barbiturate groups is 1. The van der Waals surface area contributed by atoms with Crippen LogP contribution in [0.1, 0.15) is 5.56 Å². The van der Waals surface area contributed by atoms with Crippen molar-refractivity contribution in [3.8, 4) is 5.75 Å². The zero-order chi connectivity index (χ0) is 25.8. The van der Waals surface area contributed by atoms with Gasteiger partial charge in [-0.3, -0.25) is 19.7 Å². The zero-order valence-corrected chi connectivity index (χ0v) is 20.6. The summed E-state index contributed by atoms with van der Waals surface area (Å²) in [4.78, 5) is 50.6. The van der Waals surface area contributed by atoms with Crippen molar-refractivity contribution in [2.24, 2.45) is 0 Å². The largest absolute Gasteiger partial charge is 0.482 e. The maximum atomic E-state index is 13.7. The smallest absolute Gasteiger partial charge is 0.335 e. The molecule has 182 valence electrons. The lowest BCUT2D eigenvalue weighted by Gasteiger charge is -2.26. The van der Waals surface area contributed by atoms with Crippen molar-refractivity contribution in [3.05, 3.63) is 93.2 Å². The van der Waals surface area contributed by atoms with E-state index in [0.29, 0.717) is 5.56 Å². The van der Waals surface area contributed by atoms with Gasteiger partial charge < -0.3 is 10.1 Å². The number of carbonyl (C=O) groups is 4. The molecule has 1 aliphatic heterocycles. The molecule has 11 heteroatoms. The molecule has 1 fully saturated rings. The van der Waals surface area contributed by atoms with Crippen LogP contribution in [-0.2, 0) is 14.4 Å². The minimum Gasteiger partial charge on any atom is -0.482 e. The fraction of sp³-hybridized carbons (Fsp3) is 0.0400. The van der Waals surface area contributed by atoms with E-state index in [1.807, 2.05) is 0 Å². The lowest BCUT2D eigenvalue weighted by Crippen LogP contribution is -2.54. The van der Waals surface area contributed by atoms with Crippen LogP contribution in [-0.4, -0.2) is 30.4 Å². The number of imide groups is 2. The van der Waals surface area contributed by atoms with E-state index in [2.05, 4.69) is 26.6 Å². The van der Waals surface area contributed by atoms with Gasteiger partial charge in [0.05, 0.1) is 16.4 Å². The predicted octanol–water partition coefficient (Wildman–Crippen LogP) is 4.93. The molecule has 0 aliphatic carbocycles. The Morgan fingerprint density at radius 3 is 2.50 bits per heavy atom. The van der Waals surface area contributed by atoms with Crippen LogP contribution in [0.5, 0.6) is 5.75 Å². The molecule has 0 aromatic heterocycles. The van der Waals surface area contributed by atoms with Gasteiger partial charge in [0.1, 0.15) is 17.1 Å². The number of ether oxygens (including phenoxy) is 1. The van der Waals surface area contributed by atoms with Crippen LogP contribution >= 0.6 is 27.5 Å². The van der Waals surface area contributed by atoms with E-state index in [9.17, 15) is 23.6 Å². The number of para-hydroxylation sites is 1. The second-order valence-corrected chi connectivity index (χ2v) is 8.76. The van der Waals surface area contributed by atoms with Crippen LogP contribution in [0.3, 0.4) is 0 Å². The molecule has 0 atom stereocenters. The Morgan fingerprint density at radius 1 is 1.08 bits per heavy atom. The summed E-state index contributed by atoms with van der Waals surface area (Å²) in [5.74, 6) is -2.66. The Hall–Kier alpha value is -4.02. The zero-order valence-electron chi connectivity index (χ0n) is 18.3. The fourth-order valence-corrected chi connectivity index (χ4v) is 3.77. The Balaban J connectivity index is 1.48. The molecule has 3 aromatic carbocycles. The number of rotatable bonds is 6. The van der Waals surface area contributed by atoms with Crippen LogP contribution in [0.4, 0.5) is 20.6 Å². The summed E-state index contributed by atoms with van der Waals surface area (Å²) in [6.45, 7) is -0.431. The van der Waals surface area contributed by atoms with Gasteiger partial charge in [0, 0.05) is 4.47 Å². The Bertz CT molecular complexity index is 1410. The molecule has 5 amide bonds. The number of nitrogens with zero attached hydrogens (tertiary/aromatic N) is 1. The van der Waals surface area contributed by atoms with E-state index in [1.54, 1.807) is 30.3 Å². The third-order valence-corrected chi connectivity index (χ3v) is 5.78. The first-order valence-corrected chi connectivity index (χ1v) is 11.5. The summed E-state index contributed by atoms with van der Waals surface area (Å²) in [7, 11) is 0. The first-order chi connectivity index (χ1) is 17.2. The highest BCUT2D eigenvalue weighted by atomic mass is 79.9. The Kier molecular flexibility index (Phi) is 7.47. The monoisotopic (exact) mass is 571 g/mol. The van der Waals surface area contributed by atoms with Gasteiger partial charge in [0.15, 0.2) is 6.61 Å². The van der Waals surface area contributed by atoms with E-state index >= 15 is 0 Å². The number of amides is 5. The Morgan fingerprint density at radius 2 is 1.81 bits per heavy atom. The SMILES string of the molecule is O=C(COc1ccc(/C=C2\C(=O)NC(=O)N(c3ccc(Br)cc3)C2=O)cc1Cl)Nc1ccccc1F. The van der Waals surface area contributed by atoms with E-state index in [-0.39, 0.29) is 27.7 Å². The highest BCUT2D eigenvalue weighted by molar-refractivity contribution is 9.10. The second kappa shape index (κ2) is 10.7. The van der Waals surface area contributed by atoms with E-state index in [4.69, 9.17) is 16.3 Å². The van der Waals surface area contributed by atoms with Crippen LogP contribution in [0, 0.1) is 5.82 Å². The van der Waals surface area contributed by atoms with E-state index in [0.717, 1.165) is 9.37 Å². The molecular formula is C25H16BrClFN3O5. The molecule has 1 saturated heterocycles. The van der Waals surface area contributed by atoms with Gasteiger partial charge in [-0.2, -0.15) is 0 Å². The Labute approximate surface area is 217 Å². The van der Waals surface area contributed by atoms with Crippen molar-refractivity contribution in [2.75, 3.05) is 16.8 Å². The van der Waals surface area contributed by atoms with Crippen molar-refractivity contribution in [2.45, 2.75) is 0 Å². The molecule has 3 aromatic rings. The number of benzene rings is 3. The summed E-state index contributed by atoms with van der Waals surface area (Å²) in [5.41, 5.74) is 0.415. The number of halogens is 3. The van der Waals surface area contributed by atoms with Crippen LogP contribution < -0.4 is 20.3 Å². The standard InChI is InChI=1S/C25H16BrClFN3O5/c26-15-6-8-16(9-7-15)31-24(34)17(23(33)30-25(31)35)11-14-5-10-21(18(27)12-14)36-13-22(32)29-20-4-2-1-3-19(20)28/h1-12H,13H2,(H,29,32)(H,30,33,35)/b17-11+. The van der Waals surface area contributed by atoms with Gasteiger partial charge in [-0.1, -0.05) is 45.7 Å². The molecule has 8 nitrogen and oxygen atoms in total. The molecule has 0 spiro atoms. The van der Waals surface area contributed by atoms with Crippen molar-refractivity contribution >= 4 is 68.7 Å². The first kappa shape index (κ1) is 25.1. The molecule has 0 radical (unpaired) electrons. The number of nitrogens with one attached hydrogen (secondary N) is 2. The molecule has 36 heavy (non-hydrogen) atoms. The molecule has 4 rings (SSSR count). The van der Waals surface area contributed by atoms with Gasteiger partial charge >= 0.3 is 6.03 Å². The molecule has 0 saturated carbocycles. The summed E-state index contributed by atoms with van der Waals surface area (Å²) in [5, 5.41) is 4.64. The number of urea groups is 1. The quantitative estimate of drug-likeness (QED) is 0.322. The summed E-state index contributed by atoms with van der Waals surface area (Å²) >= 11 is 9.54. The topological polar surface area (TPSA) is 105 Å². The minimum atomic E-state index is -0.861. The van der Waals surface area contributed by atoms with Gasteiger partial charge in [0.25, 0.3) is 17.7 Å². The minimum absolute atomic E-state index is 0.0188. The summed E-state index contributed by atoms with van der Waals surface area (Å²) in [6, 6.07) is 15.7. The number of anilines is 2. The maximum absolute atomic E-state index is 13.7. The second-order valence-electron chi connectivity index (χ2n) is 7.44. The number of hydrogen-bond acceptors (Lipinski definition) is 5. The molecule has 0 unspecified atom stereocenters. The number of hydrogen-bond donors (Lipinski definition) is 2. The van der Waals surface area contributed by atoms with E-state index in [1.165, 1.54) is 42.5 Å². The lowest BCUT2D eigenvalue weighted by atomic mass is 10.1. The fourth-order valence-electron chi connectivity index (χ4n) is 3.26. The van der Waals surface area contributed by atoms with Crippen LogP contribution in [0.15, 0.2) is 76.8 Å². The number of carbonyl (C=O) groups excluding carboxylic acids is 4. The van der Waals surface area contributed by atoms with E-state index < -0.39 is 36.2 Å². The molecular weight excluding hydrogens is 557 g/mol. The highest BCUT2D eigenvalue weighted by Gasteiger charge is 2.36. The lowest BCUT2D eigenvalue weighted by molar-refractivity contribution is -0.122. The summed E-state index contributed by atoms with van der Waals surface area (Å²) < 4.78 is 19.8. The molecule has 1 aliphatic rings. The highest BCUT2D eigenvalue weighted by Crippen LogP contribution is 2.28. The van der Waals surface area contributed by atoms with Gasteiger partial charge in [-0.05, 0) is 60.2 Å². The predicted molar refractivity (Wildman–Crippen MR) is 135 cm³/mol. The van der Waals surface area contributed by atoms with Gasteiger partial charge in [-0.15, -0.1) is 0 Å². The van der Waals surface area contributed by atoms with Crippen molar-refractivity contribution in [3.63, 3.8) is 0 Å².